The first-order valence-corrected chi connectivity index (χ1v) is 20.1. The molecule has 0 aliphatic carbocycles. The monoisotopic (exact) mass is 934 g/mol. The zero-order chi connectivity index (χ0) is 47.2. The van der Waals surface area contributed by atoms with Crippen LogP contribution in [0.1, 0.15) is 0 Å². The van der Waals surface area contributed by atoms with E-state index < -0.39 is 189 Å². The minimum atomic E-state index is -2.08. The molecule has 0 amide bonds. The smallest absolute Gasteiger partial charge is 0.239 e. The summed E-state index contributed by atoms with van der Waals surface area (Å²) in [7, 11) is 0. The average molecular weight is 935 g/mol. The van der Waals surface area contributed by atoms with Crippen LogP contribution in [0.2, 0.25) is 0 Å². The highest BCUT2D eigenvalue weighted by molar-refractivity contribution is 5.88. The van der Waals surface area contributed by atoms with Gasteiger partial charge in [0.15, 0.2) is 5.76 Å². The van der Waals surface area contributed by atoms with Gasteiger partial charge in [0, 0.05) is 17.7 Å². The third-order valence-corrected chi connectivity index (χ3v) is 11.4. The Morgan fingerprint density at radius 3 is 1.20 bits per heavy atom. The van der Waals surface area contributed by atoms with Crippen LogP contribution in [-0.2, 0) is 18.9 Å². The van der Waals surface area contributed by atoms with Crippen molar-refractivity contribution >= 4 is 11.0 Å². The average Bonchev–Trinajstić information content (AvgIpc) is 3.30. The van der Waals surface area contributed by atoms with Crippen LogP contribution in [0.5, 0.6) is 23.0 Å². The minimum absolute atomic E-state index is 0.0404. The number of aliphatic hydroxyl groups excluding tert-OH is 16. The van der Waals surface area contributed by atoms with Crippen molar-refractivity contribution in [3.8, 4) is 34.3 Å². The highest BCUT2D eigenvalue weighted by Gasteiger charge is 2.49. The summed E-state index contributed by atoms with van der Waals surface area (Å²) >= 11 is 0. The van der Waals surface area contributed by atoms with Gasteiger partial charge in [-0.3, -0.25) is 4.79 Å². The van der Waals surface area contributed by atoms with E-state index in [-0.39, 0.29) is 11.3 Å². The maximum absolute atomic E-state index is 14.9. The Bertz CT molecular complexity index is 2110. The number of fused-ring (bicyclic) bond motifs is 1. The molecule has 0 saturated carbocycles. The molecule has 0 spiro atoms. The third kappa shape index (κ3) is 9.49. The summed E-state index contributed by atoms with van der Waals surface area (Å²) in [5.74, 6) is -2.40. The van der Waals surface area contributed by atoms with Gasteiger partial charge < -0.3 is 124 Å². The van der Waals surface area contributed by atoms with E-state index in [0.29, 0.717) is 0 Å². The van der Waals surface area contributed by atoms with Crippen molar-refractivity contribution in [1.29, 1.82) is 0 Å². The second-order valence-corrected chi connectivity index (χ2v) is 15.7. The normalized spacial score (nSPS) is 40.1. The van der Waals surface area contributed by atoms with Gasteiger partial charge in [-0.05, 0) is 24.3 Å². The highest BCUT2D eigenvalue weighted by Crippen LogP contribution is 2.40. The summed E-state index contributed by atoms with van der Waals surface area (Å²) in [5, 5.41) is 164. The third-order valence-electron chi connectivity index (χ3n) is 11.4. The first kappa shape index (κ1) is 49.0. The molecule has 65 heavy (non-hydrogen) atoms. The number of rotatable bonds is 13. The van der Waals surface area contributed by atoms with E-state index in [1.165, 1.54) is 24.3 Å². The number of hydrogen-bond donors (Lipinski definition) is 16. The highest BCUT2D eigenvalue weighted by atomic mass is 16.7. The van der Waals surface area contributed by atoms with Crippen LogP contribution >= 0.6 is 0 Å². The number of hydrogen-bond acceptors (Lipinski definition) is 26. The van der Waals surface area contributed by atoms with Gasteiger partial charge in [-0.1, -0.05) is 0 Å². The van der Waals surface area contributed by atoms with Crippen molar-refractivity contribution in [1.82, 2.24) is 0 Å². The lowest BCUT2D eigenvalue weighted by Gasteiger charge is -2.40. The molecule has 0 radical (unpaired) electrons. The van der Waals surface area contributed by atoms with Crippen molar-refractivity contribution in [2.75, 3.05) is 26.4 Å². The van der Waals surface area contributed by atoms with Crippen LogP contribution in [0.3, 0.4) is 0 Å². The fourth-order valence-corrected chi connectivity index (χ4v) is 7.55. The van der Waals surface area contributed by atoms with E-state index in [2.05, 4.69) is 0 Å². The molecule has 4 aliphatic rings. The largest absolute Gasteiger partial charge is 0.462 e. The standard InChI is InChI=1S/C39H50O26/c40-7-16-21(44)26(49)30(53)36(61-16)57-12-3-1-11(2-4-12)34-35(65-39-33(56)29(52)24(47)19(10-43)64-39)25(48)20-14(59-34)5-13(58-37-31(54)27(50)22(45)17(8-41)62-37)6-15(20)60-38-32(55)28(51)23(46)18(9-42)63-38/h1-6,16-19,21-24,26-33,36-47,49-56H,7-10H2/t16-,17-,18-,19-,21-,22-,23-,24-,26+,27+,28+,29+,30-,31-,32-,33-,36?,37?,38?,39?/m1/s1. The van der Waals surface area contributed by atoms with Gasteiger partial charge in [-0.15, -0.1) is 0 Å². The first-order valence-electron chi connectivity index (χ1n) is 20.1. The van der Waals surface area contributed by atoms with Crippen LogP contribution in [0.15, 0.2) is 45.6 Å². The van der Waals surface area contributed by atoms with Gasteiger partial charge >= 0.3 is 0 Å². The molecule has 3 aromatic rings. The van der Waals surface area contributed by atoms with Crippen molar-refractivity contribution in [2.24, 2.45) is 0 Å². The molecule has 1 aromatic heterocycles. The van der Waals surface area contributed by atoms with Crippen LogP contribution < -0.4 is 24.4 Å². The Balaban J connectivity index is 1.35. The van der Waals surface area contributed by atoms with Crippen LogP contribution in [0.4, 0.5) is 0 Å². The summed E-state index contributed by atoms with van der Waals surface area (Å²) in [6.07, 6.45) is -35.9. The lowest BCUT2D eigenvalue weighted by atomic mass is 9.99. The molecule has 4 unspecified atom stereocenters. The number of aliphatic hydroxyl groups is 16. The second kappa shape index (κ2) is 20.1. The molecular formula is C39H50O26. The molecule has 4 fully saturated rings. The van der Waals surface area contributed by atoms with Crippen molar-refractivity contribution in [3.63, 3.8) is 0 Å². The molecule has 16 N–H and O–H groups in total. The maximum Gasteiger partial charge on any atom is 0.239 e. The molecule has 4 saturated heterocycles. The zero-order valence-corrected chi connectivity index (χ0v) is 33.6. The quantitative estimate of drug-likeness (QED) is 0.0757. The van der Waals surface area contributed by atoms with Gasteiger partial charge in [-0.2, -0.15) is 0 Å². The lowest BCUT2D eigenvalue weighted by Crippen LogP contribution is -2.60. The molecule has 26 nitrogen and oxygen atoms in total. The number of ether oxygens (including phenoxy) is 8. The molecule has 26 heteroatoms. The van der Waals surface area contributed by atoms with Gasteiger partial charge in [0.2, 0.25) is 36.3 Å². The Hall–Kier alpha value is -3.95. The first-order chi connectivity index (χ1) is 30.9. The van der Waals surface area contributed by atoms with Gasteiger partial charge in [-0.25, -0.2) is 0 Å². The topological polar surface area (TPSA) is 428 Å². The summed E-state index contributed by atoms with van der Waals surface area (Å²) < 4.78 is 51.3. The summed E-state index contributed by atoms with van der Waals surface area (Å²) in [6.45, 7) is -3.36. The summed E-state index contributed by atoms with van der Waals surface area (Å²) in [4.78, 5) is 14.9. The molecule has 7 rings (SSSR count). The Kier molecular flexibility index (Phi) is 15.1. The van der Waals surface area contributed by atoms with Gasteiger partial charge in [0.1, 0.15) is 126 Å². The van der Waals surface area contributed by atoms with Crippen molar-refractivity contribution < 1.29 is 124 Å². The van der Waals surface area contributed by atoms with E-state index in [1.54, 1.807) is 0 Å². The predicted octanol–water partition coefficient (Wildman–Crippen LogP) is -7.83. The maximum atomic E-state index is 14.9. The van der Waals surface area contributed by atoms with Gasteiger partial charge in [0.25, 0.3) is 0 Å². The molecule has 4 aliphatic heterocycles. The van der Waals surface area contributed by atoms with Crippen LogP contribution in [0, 0.1) is 0 Å². The molecule has 20 atom stereocenters. The Morgan fingerprint density at radius 1 is 0.431 bits per heavy atom. The molecule has 5 heterocycles. The van der Waals surface area contributed by atoms with E-state index in [9.17, 15) is 86.5 Å². The van der Waals surface area contributed by atoms with Crippen LogP contribution in [0.25, 0.3) is 22.3 Å². The molecule has 362 valence electrons. The van der Waals surface area contributed by atoms with E-state index in [0.717, 1.165) is 12.1 Å². The summed E-state index contributed by atoms with van der Waals surface area (Å²) in [6, 6.07) is 7.03. The Labute approximate surface area is 364 Å². The number of benzene rings is 2. The minimum Gasteiger partial charge on any atom is -0.462 e. The van der Waals surface area contributed by atoms with E-state index in [1.807, 2.05) is 0 Å². The fraction of sp³-hybridized carbons (Fsp3) is 0.615. The van der Waals surface area contributed by atoms with E-state index in [4.69, 9.17) is 42.3 Å². The molecule has 2 aromatic carbocycles. The SMILES string of the molecule is O=c1c(OC2O[C@H](CO)[C@@H](O)[C@H](O)[C@H]2O)c(-c2ccc(OC3O[C@H](CO)[C@@H](O)[C@H](O)[C@H]3O)cc2)oc2cc(OC3O[C@H](CO)[C@@H](O)[C@H](O)[C@H]3O)cc(OC3O[C@H](CO)[C@@H](O)[C@H](O)[C@H]3O)c12. The van der Waals surface area contributed by atoms with E-state index >= 15 is 0 Å². The zero-order valence-electron chi connectivity index (χ0n) is 33.6. The van der Waals surface area contributed by atoms with Gasteiger partial charge in [0.05, 0.1) is 26.4 Å². The fourth-order valence-electron chi connectivity index (χ4n) is 7.55. The lowest BCUT2D eigenvalue weighted by molar-refractivity contribution is -0.278. The van der Waals surface area contributed by atoms with Crippen LogP contribution in [-0.4, -0.2) is 231 Å². The Morgan fingerprint density at radius 2 is 0.800 bits per heavy atom. The summed E-state index contributed by atoms with van der Waals surface area (Å²) in [5.41, 5.74) is -1.70. The molecule has 0 bridgehead atoms. The predicted molar refractivity (Wildman–Crippen MR) is 206 cm³/mol. The van der Waals surface area contributed by atoms with Crippen molar-refractivity contribution in [2.45, 2.75) is 123 Å². The van der Waals surface area contributed by atoms with Crippen molar-refractivity contribution in [3.05, 3.63) is 46.6 Å². The second-order valence-electron chi connectivity index (χ2n) is 15.7. The molecular weight excluding hydrogens is 884 g/mol.